The monoisotopic (exact) mass is 766 g/mol. The van der Waals surface area contributed by atoms with Crippen LogP contribution in [0.3, 0.4) is 0 Å². The van der Waals surface area contributed by atoms with Crippen molar-refractivity contribution in [3.8, 4) is 0 Å². The lowest BCUT2D eigenvalue weighted by Gasteiger charge is -2.33. The summed E-state index contributed by atoms with van der Waals surface area (Å²) in [6.45, 7) is 3.57. The highest BCUT2D eigenvalue weighted by atomic mass is 31.3. The van der Waals surface area contributed by atoms with Gasteiger partial charge in [0.1, 0.15) is 12.2 Å². The van der Waals surface area contributed by atoms with Crippen LogP contribution in [0.4, 0.5) is 0 Å². The summed E-state index contributed by atoms with van der Waals surface area (Å²) in [6, 6.07) is 0. The second-order valence-corrected chi connectivity index (χ2v) is 17.5. The number of hydrogen-bond acceptors (Lipinski definition) is 22. The second-order valence-electron chi connectivity index (χ2n) is 8.87. The third-order valence-corrected chi connectivity index (χ3v) is 12.7. The molecule has 13 atom stereocenters. The van der Waals surface area contributed by atoms with Gasteiger partial charge >= 0.3 is 0 Å². The molecule has 0 radical (unpaired) electrons. The first-order valence-electron chi connectivity index (χ1n) is 11.7. The van der Waals surface area contributed by atoms with E-state index in [4.69, 9.17) is 19.3 Å². The van der Waals surface area contributed by atoms with Crippen molar-refractivity contribution in [1.82, 2.24) is 0 Å². The van der Waals surface area contributed by atoms with Crippen LogP contribution in [0.2, 0.25) is 0 Å². The number of phosphoric ester groups is 2. The van der Waals surface area contributed by atoms with Gasteiger partial charge in [-0.2, -0.15) is 0 Å². The maximum atomic E-state index is 11.3. The summed E-state index contributed by atoms with van der Waals surface area (Å²) >= 11 is 0. The van der Waals surface area contributed by atoms with Gasteiger partial charge in [-0.25, -0.2) is 17.2 Å². The molecule has 13 unspecified atom stereocenters. The fraction of sp³-hybridized carbons (Fsp3) is 1.00. The third kappa shape index (κ3) is 16.7. The molecular weight excluding hydrogens is 738 g/mol. The molecule has 2 aliphatic rings. The molecule has 0 aliphatic carbocycles. The third-order valence-electron chi connectivity index (χ3n) is 5.29. The zero-order valence-corrected chi connectivity index (χ0v) is 27.9. The summed E-state index contributed by atoms with van der Waals surface area (Å²) in [5.74, 6) is -0.259. The number of ether oxygens (including phenoxy) is 2. The molecule has 0 aromatic rings. The van der Waals surface area contributed by atoms with Crippen LogP contribution in [-0.2, 0) is 63.2 Å². The van der Waals surface area contributed by atoms with E-state index in [1.54, 1.807) is 20.8 Å². The summed E-state index contributed by atoms with van der Waals surface area (Å²) in [4.78, 5) is 81.3. The standard InChI is InChI=1S/C8H19O12P3.C6H15O12P3/c1-3-6-5(2)18-7(8(6)9)4-17-22(13,14)20-23(15,16)19-21(10,11)12;1-4-2-5(7)6(16-4)3-15-20(11,12)18-21(13,14)17-19(8,9)10/h5-9H,3-4H2,1-2H3,(H,13,14)(H,15,16)(H2,10,11,12);4-7H,2-3H2,1H3,(H,11,12)(H,13,14)(H2,8,9,10)/p-6. The molecule has 0 bridgehead atoms. The normalized spacial score (nSPS) is 35.5. The summed E-state index contributed by atoms with van der Waals surface area (Å²) in [7, 11) is -34.4. The quantitative estimate of drug-likeness (QED) is 0.118. The van der Waals surface area contributed by atoms with E-state index in [9.17, 15) is 67.0 Å². The van der Waals surface area contributed by atoms with Crippen LogP contribution in [0.5, 0.6) is 0 Å². The molecule has 0 aromatic heterocycles. The highest BCUT2D eigenvalue weighted by Gasteiger charge is 2.41. The Morgan fingerprint density at radius 3 is 1.41 bits per heavy atom. The molecule has 4 N–H and O–H groups in total. The van der Waals surface area contributed by atoms with Crippen LogP contribution < -0.4 is 29.4 Å². The fourth-order valence-corrected chi connectivity index (χ4v) is 9.51. The Morgan fingerprint density at radius 1 is 0.682 bits per heavy atom. The van der Waals surface area contributed by atoms with Gasteiger partial charge in [0.25, 0.3) is 46.9 Å². The van der Waals surface area contributed by atoms with Crippen molar-refractivity contribution in [3.05, 3.63) is 0 Å². The van der Waals surface area contributed by atoms with Crippen LogP contribution in [0, 0.1) is 5.92 Å². The Labute approximate surface area is 249 Å². The largest absolute Gasteiger partial charge is 0.756 e. The molecule has 2 heterocycles. The van der Waals surface area contributed by atoms with Gasteiger partial charge in [-0.15, -0.1) is 0 Å². The first-order chi connectivity index (χ1) is 19.6. The van der Waals surface area contributed by atoms with E-state index in [-0.39, 0.29) is 24.5 Å². The van der Waals surface area contributed by atoms with Crippen molar-refractivity contribution in [3.63, 3.8) is 0 Å². The minimum absolute atomic E-state index is 0.227. The van der Waals surface area contributed by atoms with E-state index < -0.39 is 84.6 Å². The summed E-state index contributed by atoms with van der Waals surface area (Å²) in [5.41, 5.74) is 0. The van der Waals surface area contributed by atoms with Gasteiger partial charge in [0, 0.05) is 12.3 Å². The van der Waals surface area contributed by atoms with Crippen LogP contribution in [0.15, 0.2) is 0 Å². The zero-order valence-electron chi connectivity index (χ0n) is 22.5. The van der Waals surface area contributed by atoms with Crippen LogP contribution in [0.25, 0.3) is 0 Å². The number of hydrogen-bond donors (Lipinski definition) is 4. The Morgan fingerprint density at radius 2 is 1.09 bits per heavy atom. The lowest BCUT2D eigenvalue weighted by atomic mass is 9.95. The van der Waals surface area contributed by atoms with Gasteiger partial charge in [0.15, 0.2) is 0 Å². The minimum atomic E-state index is -5.92. The van der Waals surface area contributed by atoms with Crippen LogP contribution in [0.1, 0.15) is 33.6 Å². The first-order valence-corrected chi connectivity index (χ1v) is 20.5. The van der Waals surface area contributed by atoms with Gasteiger partial charge in [-0.3, -0.25) is 27.4 Å². The molecule has 0 aromatic carbocycles. The molecule has 44 heavy (non-hydrogen) atoms. The van der Waals surface area contributed by atoms with Gasteiger partial charge < -0.3 is 67.9 Å². The first kappa shape index (κ1) is 42.7. The average Bonchev–Trinajstić information content (AvgIpc) is 3.22. The highest BCUT2D eigenvalue weighted by molar-refractivity contribution is 7.65. The minimum Gasteiger partial charge on any atom is -0.756 e. The number of aliphatic hydroxyl groups is 2. The number of phosphoric acid groups is 6. The summed E-state index contributed by atoms with van der Waals surface area (Å²) < 4.78 is 96.7. The Hall–Kier alpha value is 0.660. The molecule has 2 rings (SSSR count). The number of aliphatic hydroxyl groups excluding tert-OH is 2. The molecule has 2 aliphatic heterocycles. The predicted octanol–water partition coefficient (Wildman–Crippen LogP) is -3.42. The van der Waals surface area contributed by atoms with Gasteiger partial charge in [-0.05, 0) is 20.3 Å². The van der Waals surface area contributed by atoms with Crippen LogP contribution in [-0.4, -0.2) is 69.8 Å². The van der Waals surface area contributed by atoms with Crippen molar-refractivity contribution in [2.45, 2.75) is 70.2 Å². The highest BCUT2D eigenvalue weighted by Crippen LogP contribution is 2.62. The molecule has 30 heteroatoms. The van der Waals surface area contributed by atoms with E-state index in [1.165, 1.54) is 0 Å². The topological polar surface area (TPSA) is 396 Å². The van der Waals surface area contributed by atoms with Gasteiger partial charge in [0.2, 0.25) is 0 Å². The molecule has 2 fully saturated rings. The summed E-state index contributed by atoms with van der Waals surface area (Å²) in [6.07, 6.45) is -4.06. The van der Waals surface area contributed by atoms with Gasteiger partial charge in [-0.1, -0.05) is 6.92 Å². The van der Waals surface area contributed by atoms with Gasteiger partial charge in [0.05, 0.1) is 37.6 Å². The predicted molar refractivity (Wildman–Crippen MR) is 125 cm³/mol. The Balaban J connectivity index is 0.000000442. The fourth-order valence-electron chi connectivity index (χ4n) is 3.71. The second kappa shape index (κ2) is 16.4. The van der Waals surface area contributed by atoms with E-state index >= 15 is 0 Å². The average molecular weight is 766 g/mol. The van der Waals surface area contributed by atoms with E-state index in [2.05, 4.69) is 26.3 Å². The maximum Gasteiger partial charge on any atom is 0.280 e. The van der Waals surface area contributed by atoms with Crippen molar-refractivity contribution in [2.24, 2.45) is 5.92 Å². The molecule has 264 valence electrons. The summed E-state index contributed by atoms with van der Waals surface area (Å²) in [5, 5.41) is 19.4. The lowest BCUT2D eigenvalue weighted by molar-refractivity contribution is -0.254. The Kier molecular flexibility index (Phi) is 15.9. The molecule has 0 spiro atoms. The van der Waals surface area contributed by atoms with Crippen LogP contribution >= 0.6 is 46.9 Å². The zero-order chi connectivity index (χ0) is 34.5. The number of rotatable bonds is 15. The molecule has 0 saturated carbocycles. The lowest BCUT2D eigenvalue weighted by Crippen LogP contribution is -2.30. The van der Waals surface area contributed by atoms with Crippen molar-refractivity contribution in [1.29, 1.82) is 0 Å². The Bertz CT molecular complexity index is 1230. The smallest absolute Gasteiger partial charge is 0.280 e. The van der Waals surface area contributed by atoms with Crippen molar-refractivity contribution < 1.29 is 113 Å². The van der Waals surface area contributed by atoms with E-state index in [0.29, 0.717) is 6.42 Å². The SMILES string of the molecule is CC1CC(O)C(COP(=O)([O-])OP(=O)([O-])OP(=O)([O-])O)O1.CCC1C(C)OC(COP(=O)([O-])OP(=O)([O-])OP(=O)([O-])O)C1O. The maximum absolute atomic E-state index is 11.3. The molecule has 24 nitrogen and oxygen atoms in total. The molecular formula is C14H28O24P6-6. The van der Waals surface area contributed by atoms with E-state index in [0.717, 1.165) is 0 Å². The van der Waals surface area contributed by atoms with E-state index in [1.807, 2.05) is 0 Å². The molecule has 0 amide bonds. The van der Waals surface area contributed by atoms with Crippen molar-refractivity contribution in [2.75, 3.05) is 13.2 Å². The molecule has 2 saturated heterocycles. The van der Waals surface area contributed by atoms with Crippen molar-refractivity contribution >= 4 is 46.9 Å².